The molecule has 0 saturated heterocycles. The molecule has 0 saturated carbocycles. The van der Waals surface area contributed by atoms with Crippen LogP contribution in [0.25, 0.3) is 0 Å². The van der Waals surface area contributed by atoms with Crippen LogP contribution in [0.15, 0.2) is 78.9 Å². The topological polar surface area (TPSA) is 124 Å². The van der Waals surface area contributed by atoms with Gasteiger partial charge in [0.05, 0.1) is 50.8 Å². The summed E-state index contributed by atoms with van der Waals surface area (Å²) < 4.78 is 49.4. The molecule has 0 aromatic heterocycles. The highest BCUT2D eigenvalue weighted by atomic mass is 32.2. The summed E-state index contributed by atoms with van der Waals surface area (Å²) in [6, 6.07) is 19.6. The van der Waals surface area contributed by atoms with E-state index < -0.39 is 28.5 Å². The first kappa shape index (κ1) is 20.7. The smallest absolute Gasteiger partial charge is 0.335 e. The molecular weight excluding hydrogens is 416 g/mol. The minimum Gasteiger partial charge on any atom is -0.755 e. The van der Waals surface area contributed by atoms with Crippen molar-refractivity contribution < 1.29 is 27.4 Å². The third-order valence-electron chi connectivity index (χ3n) is 3.90. The predicted molar refractivity (Wildman–Crippen MR) is 108 cm³/mol. The lowest BCUT2D eigenvalue weighted by Gasteiger charge is -2.30. The molecule has 0 fully saturated rings. The number of benzene rings is 3. The molecule has 8 nitrogen and oxygen atoms in total. The zero-order valence-electron chi connectivity index (χ0n) is 14.7. The van der Waals surface area contributed by atoms with Crippen LogP contribution in [-0.4, -0.2) is 28.6 Å². The number of carbonyl (C=O) groups is 1. The summed E-state index contributed by atoms with van der Waals surface area (Å²) in [6.45, 7) is 0. The summed E-state index contributed by atoms with van der Waals surface area (Å²) in [4.78, 5) is 11.6. The number of para-hydroxylation sites is 2. The van der Waals surface area contributed by atoms with Gasteiger partial charge in [0, 0.05) is 0 Å². The molecule has 0 amide bonds. The molecule has 0 spiro atoms. The number of nitrogens with zero attached hydrogens (tertiary/aromatic N) is 2. The number of hydrogen-bond acceptors (Lipinski definition) is 5. The Morgan fingerprint density at radius 1 is 0.690 bits per heavy atom. The molecule has 0 heterocycles. The largest absolute Gasteiger partial charge is 0.755 e. The molecule has 3 aromatic carbocycles. The molecule has 0 bridgehead atoms. The van der Waals surface area contributed by atoms with E-state index in [0.717, 1.165) is 20.7 Å². The Morgan fingerprint density at radius 2 is 1.07 bits per heavy atom. The van der Waals surface area contributed by atoms with Crippen molar-refractivity contribution in [2.24, 2.45) is 0 Å². The van der Waals surface area contributed by atoms with Gasteiger partial charge >= 0.3 is 5.97 Å². The highest BCUT2D eigenvalue weighted by Gasteiger charge is 2.19. The first-order chi connectivity index (χ1) is 13.9. The number of carboxylic acid groups (broad SMARTS) is 1. The van der Waals surface area contributed by atoms with Crippen molar-refractivity contribution in [1.82, 2.24) is 0 Å². The number of aromatic carboxylic acids is 1. The zero-order valence-corrected chi connectivity index (χ0v) is 16.3. The standard InChI is InChI=1S/C19H16N2O6S2/c22-19(23)14-11-17(20(28(24)25)15-7-3-1-4-8-15)13-18(12-14)21(29(26)27)16-9-5-2-6-10-16/h1-13H,(H,22,23)(H,24,25)(H,26,27)/p-2. The summed E-state index contributed by atoms with van der Waals surface area (Å²) in [5.74, 6) is -1.33. The van der Waals surface area contributed by atoms with Crippen LogP contribution in [0.2, 0.25) is 0 Å². The molecular formula is C19H14N2O6S2-2. The van der Waals surface area contributed by atoms with Gasteiger partial charge in [-0.3, -0.25) is 17.0 Å². The molecule has 2 atom stereocenters. The van der Waals surface area contributed by atoms with Crippen molar-refractivity contribution in [3.05, 3.63) is 84.4 Å². The third kappa shape index (κ3) is 4.69. The molecule has 0 aliphatic heterocycles. The molecule has 2 unspecified atom stereocenters. The average Bonchev–Trinajstić information content (AvgIpc) is 2.69. The predicted octanol–water partition coefficient (Wildman–Crippen LogP) is 3.25. The lowest BCUT2D eigenvalue weighted by Crippen LogP contribution is -2.23. The zero-order chi connectivity index (χ0) is 21.0. The van der Waals surface area contributed by atoms with Gasteiger partial charge in [0.2, 0.25) is 0 Å². The molecule has 150 valence electrons. The van der Waals surface area contributed by atoms with E-state index in [1.54, 1.807) is 36.4 Å². The first-order valence-corrected chi connectivity index (χ1v) is 10.2. The van der Waals surface area contributed by atoms with Crippen molar-refractivity contribution >= 4 is 51.3 Å². The first-order valence-electron chi connectivity index (χ1n) is 8.16. The maximum atomic E-state index is 11.9. The van der Waals surface area contributed by atoms with Crippen molar-refractivity contribution in [3.63, 3.8) is 0 Å². The SMILES string of the molecule is O=C(O)c1cc(N(c2ccccc2)S(=O)[O-])cc(N(c2ccccc2)S(=O)[O-])c1. The van der Waals surface area contributed by atoms with E-state index in [2.05, 4.69) is 0 Å². The van der Waals surface area contributed by atoms with Gasteiger partial charge in [0.25, 0.3) is 0 Å². The molecule has 10 heteroatoms. The molecule has 3 aromatic rings. The van der Waals surface area contributed by atoms with E-state index >= 15 is 0 Å². The highest BCUT2D eigenvalue weighted by Crippen LogP contribution is 2.34. The van der Waals surface area contributed by atoms with Crippen molar-refractivity contribution in [3.8, 4) is 0 Å². The molecule has 0 aliphatic rings. The quantitative estimate of drug-likeness (QED) is 0.574. The van der Waals surface area contributed by atoms with E-state index in [1.807, 2.05) is 0 Å². The van der Waals surface area contributed by atoms with Crippen molar-refractivity contribution in [1.29, 1.82) is 0 Å². The van der Waals surface area contributed by atoms with Gasteiger partial charge in [0.1, 0.15) is 0 Å². The van der Waals surface area contributed by atoms with Crippen LogP contribution in [0.3, 0.4) is 0 Å². The van der Waals surface area contributed by atoms with Crippen LogP contribution in [-0.2, 0) is 22.5 Å². The van der Waals surface area contributed by atoms with E-state index in [9.17, 15) is 27.4 Å². The lowest BCUT2D eigenvalue weighted by atomic mass is 10.1. The minimum absolute atomic E-state index is 0.0224. The lowest BCUT2D eigenvalue weighted by molar-refractivity contribution is 0.0697. The van der Waals surface area contributed by atoms with Crippen LogP contribution >= 0.6 is 0 Å². The summed E-state index contributed by atoms with van der Waals surface area (Å²) in [5.41, 5.74) is 0.222. The fourth-order valence-corrected chi connectivity index (χ4v) is 3.87. The summed E-state index contributed by atoms with van der Waals surface area (Å²) >= 11 is -5.57. The fraction of sp³-hybridized carbons (Fsp3) is 0. The number of hydrogen-bond donors (Lipinski definition) is 1. The fourth-order valence-electron chi connectivity index (χ4n) is 2.72. The monoisotopic (exact) mass is 430 g/mol. The van der Waals surface area contributed by atoms with E-state index in [1.165, 1.54) is 30.3 Å². The second kappa shape index (κ2) is 8.97. The van der Waals surface area contributed by atoms with Crippen LogP contribution < -0.4 is 8.61 Å². The van der Waals surface area contributed by atoms with E-state index in [0.29, 0.717) is 0 Å². The van der Waals surface area contributed by atoms with Crippen LogP contribution in [0.4, 0.5) is 22.7 Å². The van der Waals surface area contributed by atoms with Crippen molar-refractivity contribution in [2.45, 2.75) is 0 Å². The van der Waals surface area contributed by atoms with Gasteiger partial charge in [-0.2, -0.15) is 0 Å². The average molecular weight is 430 g/mol. The Bertz CT molecular complexity index is 987. The van der Waals surface area contributed by atoms with Crippen LogP contribution in [0.5, 0.6) is 0 Å². The Morgan fingerprint density at radius 3 is 1.38 bits per heavy atom. The normalized spacial score (nSPS) is 12.8. The van der Waals surface area contributed by atoms with Crippen LogP contribution in [0, 0.1) is 0 Å². The van der Waals surface area contributed by atoms with Crippen molar-refractivity contribution in [2.75, 3.05) is 8.61 Å². The number of carboxylic acids is 1. The minimum atomic E-state index is -2.79. The second-order valence-electron chi connectivity index (χ2n) is 5.74. The highest BCUT2D eigenvalue weighted by molar-refractivity contribution is 7.81. The van der Waals surface area contributed by atoms with Crippen LogP contribution in [0.1, 0.15) is 10.4 Å². The summed E-state index contributed by atoms with van der Waals surface area (Å²) in [6.07, 6.45) is 0. The Kier molecular flexibility index (Phi) is 6.39. The molecule has 29 heavy (non-hydrogen) atoms. The van der Waals surface area contributed by atoms with Gasteiger partial charge in [-0.15, -0.1) is 0 Å². The van der Waals surface area contributed by atoms with E-state index in [4.69, 9.17) is 0 Å². The van der Waals surface area contributed by atoms with Gasteiger partial charge in [-0.05, 0) is 42.5 Å². The van der Waals surface area contributed by atoms with Gasteiger partial charge in [0.15, 0.2) is 0 Å². The number of rotatable bonds is 7. The second-order valence-corrected chi connectivity index (χ2v) is 7.34. The maximum Gasteiger partial charge on any atom is 0.335 e. The maximum absolute atomic E-state index is 11.9. The third-order valence-corrected chi connectivity index (χ3v) is 5.34. The van der Waals surface area contributed by atoms with E-state index in [-0.39, 0.29) is 28.3 Å². The Hall–Kier alpha value is -3.05. The Labute approximate surface area is 171 Å². The number of anilines is 4. The van der Waals surface area contributed by atoms with Gasteiger partial charge < -0.3 is 14.2 Å². The summed E-state index contributed by atoms with van der Waals surface area (Å²) in [7, 11) is 0. The summed E-state index contributed by atoms with van der Waals surface area (Å²) in [5, 5.41) is 9.47. The molecule has 0 aliphatic carbocycles. The van der Waals surface area contributed by atoms with Gasteiger partial charge in [-0.1, -0.05) is 36.4 Å². The molecule has 1 N–H and O–H groups in total. The molecule has 3 rings (SSSR count). The Balaban J connectivity index is 2.21. The van der Waals surface area contributed by atoms with Gasteiger partial charge in [-0.25, -0.2) is 4.79 Å². The molecule has 0 radical (unpaired) electrons.